The molecule has 1 aromatic rings. The molecule has 0 radical (unpaired) electrons. The molecular formula is C14H20O3. The van der Waals surface area contributed by atoms with Gasteiger partial charge in [-0.2, -0.15) is 0 Å². The lowest BCUT2D eigenvalue weighted by Gasteiger charge is -2.27. The van der Waals surface area contributed by atoms with Crippen LogP contribution in [0.4, 0.5) is 0 Å². The Kier molecular flexibility index (Phi) is 4.16. The van der Waals surface area contributed by atoms with Crippen molar-refractivity contribution in [3.8, 4) is 5.75 Å². The molecule has 0 atom stereocenters. The van der Waals surface area contributed by atoms with Gasteiger partial charge in [0.2, 0.25) is 0 Å². The highest BCUT2D eigenvalue weighted by Gasteiger charge is 2.25. The molecule has 0 saturated carbocycles. The van der Waals surface area contributed by atoms with Crippen molar-refractivity contribution < 1.29 is 14.6 Å². The van der Waals surface area contributed by atoms with E-state index in [1.807, 2.05) is 32.9 Å². The van der Waals surface area contributed by atoms with Gasteiger partial charge >= 0.3 is 5.97 Å². The number of methoxy groups -OCH3 is 1. The molecule has 0 saturated heterocycles. The summed E-state index contributed by atoms with van der Waals surface area (Å²) < 4.78 is 5.35. The molecule has 3 nitrogen and oxygen atoms in total. The smallest absolute Gasteiger partial charge is 0.303 e. The van der Waals surface area contributed by atoms with Crippen LogP contribution < -0.4 is 4.74 Å². The molecule has 0 amide bonds. The van der Waals surface area contributed by atoms with Crippen molar-refractivity contribution in [3.63, 3.8) is 0 Å². The summed E-state index contributed by atoms with van der Waals surface area (Å²) in [6.07, 6.45) is 0.770. The Bertz CT molecular complexity index is 408. The largest absolute Gasteiger partial charge is 0.496 e. The Morgan fingerprint density at radius 1 is 1.41 bits per heavy atom. The average molecular weight is 236 g/mol. The SMILES string of the molecule is COc1ccc(C)cc1C(C)(C)CCC(=O)O. The van der Waals surface area contributed by atoms with Crippen molar-refractivity contribution in [2.75, 3.05) is 7.11 Å². The van der Waals surface area contributed by atoms with Gasteiger partial charge in [-0.25, -0.2) is 0 Å². The highest BCUT2D eigenvalue weighted by molar-refractivity contribution is 5.67. The zero-order chi connectivity index (χ0) is 13.1. The van der Waals surface area contributed by atoms with E-state index in [1.165, 1.54) is 0 Å². The van der Waals surface area contributed by atoms with Gasteiger partial charge in [-0.3, -0.25) is 4.79 Å². The molecule has 1 rings (SSSR count). The Morgan fingerprint density at radius 2 is 2.06 bits per heavy atom. The van der Waals surface area contributed by atoms with Gasteiger partial charge in [0.1, 0.15) is 5.75 Å². The molecule has 0 aliphatic carbocycles. The number of carboxylic acid groups (broad SMARTS) is 1. The van der Waals surface area contributed by atoms with E-state index in [0.29, 0.717) is 6.42 Å². The zero-order valence-corrected chi connectivity index (χ0v) is 10.9. The third-order valence-electron chi connectivity index (χ3n) is 3.05. The van der Waals surface area contributed by atoms with Crippen molar-refractivity contribution in [1.82, 2.24) is 0 Å². The van der Waals surface area contributed by atoms with E-state index in [0.717, 1.165) is 16.9 Å². The van der Waals surface area contributed by atoms with Gasteiger partial charge < -0.3 is 9.84 Å². The van der Waals surface area contributed by atoms with Gasteiger partial charge in [0.25, 0.3) is 0 Å². The summed E-state index contributed by atoms with van der Waals surface area (Å²) in [5, 5.41) is 8.77. The van der Waals surface area contributed by atoms with Crippen LogP contribution in [-0.4, -0.2) is 18.2 Å². The zero-order valence-electron chi connectivity index (χ0n) is 10.9. The first-order chi connectivity index (χ1) is 7.86. The normalized spacial score (nSPS) is 11.3. The maximum absolute atomic E-state index is 10.7. The Hall–Kier alpha value is -1.51. The molecule has 0 aliphatic rings. The molecule has 17 heavy (non-hydrogen) atoms. The van der Waals surface area contributed by atoms with Gasteiger partial charge in [-0.15, -0.1) is 0 Å². The minimum Gasteiger partial charge on any atom is -0.496 e. The predicted molar refractivity (Wildman–Crippen MR) is 67.6 cm³/mol. The highest BCUT2D eigenvalue weighted by Crippen LogP contribution is 2.35. The molecular weight excluding hydrogens is 216 g/mol. The minimum absolute atomic E-state index is 0.171. The van der Waals surface area contributed by atoms with E-state index >= 15 is 0 Å². The summed E-state index contributed by atoms with van der Waals surface area (Å²) in [5.41, 5.74) is 2.03. The third-order valence-corrected chi connectivity index (χ3v) is 3.05. The summed E-state index contributed by atoms with van der Waals surface area (Å²) in [6.45, 7) is 6.12. The third kappa shape index (κ3) is 3.48. The van der Waals surface area contributed by atoms with Crippen LogP contribution in [0, 0.1) is 6.92 Å². The number of aryl methyl sites for hydroxylation is 1. The van der Waals surface area contributed by atoms with E-state index in [9.17, 15) is 4.79 Å². The van der Waals surface area contributed by atoms with E-state index in [4.69, 9.17) is 9.84 Å². The quantitative estimate of drug-likeness (QED) is 0.854. The fourth-order valence-electron chi connectivity index (χ4n) is 1.90. The second-order valence-corrected chi connectivity index (χ2v) is 4.98. The van der Waals surface area contributed by atoms with E-state index in [2.05, 4.69) is 6.07 Å². The monoisotopic (exact) mass is 236 g/mol. The van der Waals surface area contributed by atoms with Gasteiger partial charge in [-0.05, 0) is 24.8 Å². The van der Waals surface area contributed by atoms with Gasteiger partial charge in [-0.1, -0.05) is 31.5 Å². The molecule has 0 fully saturated rings. The number of aliphatic carboxylic acids is 1. The lowest BCUT2D eigenvalue weighted by Crippen LogP contribution is -2.20. The summed E-state index contributed by atoms with van der Waals surface area (Å²) in [6, 6.07) is 6.00. The fourth-order valence-corrected chi connectivity index (χ4v) is 1.90. The van der Waals surface area contributed by atoms with E-state index in [-0.39, 0.29) is 11.8 Å². The van der Waals surface area contributed by atoms with Gasteiger partial charge in [0, 0.05) is 12.0 Å². The van der Waals surface area contributed by atoms with Crippen LogP contribution in [0.2, 0.25) is 0 Å². The number of ether oxygens (including phenoxy) is 1. The van der Waals surface area contributed by atoms with Crippen LogP contribution in [0.5, 0.6) is 5.75 Å². The summed E-state index contributed by atoms with van der Waals surface area (Å²) in [5.74, 6) is 0.0654. The molecule has 0 aliphatic heterocycles. The lowest BCUT2D eigenvalue weighted by atomic mass is 9.79. The minimum atomic E-state index is -0.760. The molecule has 94 valence electrons. The van der Waals surface area contributed by atoms with Crippen LogP contribution in [-0.2, 0) is 10.2 Å². The first kappa shape index (κ1) is 13.6. The number of hydrogen-bond acceptors (Lipinski definition) is 2. The van der Waals surface area contributed by atoms with Crippen molar-refractivity contribution >= 4 is 5.97 Å². The molecule has 1 N–H and O–H groups in total. The van der Waals surface area contributed by atoms with E-state index < -0.39 is 5.97 Å². The molecule has 0 spiro atoms. The number of hydrogen-bond donors (Lipinski definition) is 1. The number of benzene rings is 1. The summed E-state index contributed by atoms with van der Waals surface area (Å²) in [7, 11) is 1.64. The second-order valence-electron chi connectivity index (χ2n) is 4.98. The molecule has 0 aromatic heterocycles. The molecule has 0 heterocycles. The van der Waals surface area contributed by atoms with Gasteiger partial charge in [0.15, 0.2) is 0 Å². The van der Waals surface area contributed by atoms with Gasteiger partial charge in [0.05, 0.1) is 7.11 Å². The molecule has 0 bridgehead atoms. The number of rotatable bonds is 5. The van der Waals surface area contributed by atoms with Crippen molar-refractivity contribution in [2.45, 2.75) is 39.0 Å². The maximum Gasteiger partial charge on any atom is 0.303 e. The van der Waals surface area contributed by atoms with Crippen LogP contribution in [0.1, 0.15) is 37.8 Å². The Balaban J connectivity index is 3.03. The van der Waals surface area contributed by atoms with E-state index in [1.54, 1.807) is 7.11 Å². The first-order valence-corrected chi connectivity index (χ1v) is 5.74. The van der Waals surface area contributed by atoms with Crippen LogP contribution >= 0.6 is 0 Å². The Morgan fingerprint density at radius 3 is 2.59 bits per heavy atom. The molecule has 3 heteroatoms. The standard InChI is InChI=1S/C14H20O3/c1-10-5-6-12(17-4)11(9-10)14(2,3)8-7-13(15)16/h5-6,9H,7-8H2,1-4H3,(H,15,16). The molecule has 1 aromatic carbocycles. The van der Waals surface area contributed by atoms with Crippen molar-refractivity contribution in [3.05, 3.63) is 29.3 Å². The van der Waals surface area contributed by atoms with Crippen molar-refractivity contribution in [1.29, 1.82) is 0 Å². The number of carbonyl (C=O) groups is 1. The summed E-state index contributed by atoms with van der Waals surface area (Å²) in [4.78, 5) is 10.7. The van der Waals surface area contributed by atoms with Crippen LogP contribution in [0.25, 0.3) is 0 Å². The number of carboxylic acids is 1. The lowest BCUT2D eigenvalue weighted by molar-refractivity contribution is -0.137. The van der Waals surface area contributed by atoms with Crippen LogP contribution in [0.3, 0.4) is 0 Å². The average Bonchev–Trinajstić information content (AvgIpc) is 2.26. The topological polar surface area (TPSA) is 46.5 Å². The predicted octanol–water partition coefficient (Wildman–Crippen LogP) is 3.15. The highest BCUT2D eigenvalue weighted by atomic mass is 16.5. The molecule has 0 unspecified atom stereocenters. The fraction of sp³-hybridized carbons (Fsp3) is 0.500. The summed E-state index contributed by atoms with van der Waals surface area (Å²) >= 11 is 0. The van der Waals surface area contributed by atoms with Crippen LogP contribution in [0.15, 0.2) is 18.2 Å². The first-order valence-electron chi connectivity index (χ1n) is 5.74. The Labute approximate surface area is 102 Å². The second kappa shape index (κ2) is 5.21. The van der Waals surface area contributed by atoms with Crippen molar-refractivity contribution in [2.24, 2.45) is 0 Å². The maximum atomic E-state index is 10.7.